The zero-order valence-electron chi connectivity index (χ0n) is 8.61. The lowest BCUT2D eigenvalue weighted by Crippen LogP contribution is -2.52. The summed E-state index contributed by atoms with van der Waals surface area (Å²) < 4.78 is 64.0. The maximum absolute atomic E-state index is 12.1. The molecule has 1 aliphatic heterocycles. The number of sulfonamides is 1. The molecule has 1 heterocycles. The smallest absolute Gasteiger partial charge is 0.481 e. The highest BCUT2D eigenvalue weighted by Gasteiger charge is 2.53. The topological polar surface area (TPSA) is 92.7 Å². The van der Waals surface area contributed by atoms with E-state index < -0.39 is 39.6 Å². The second-order valence-electron chi connectivity index (χ2n) is 3.86. The Morgan fingerprint density at radius 2 is 2.06 bits per heavy atom. The Labute approximate surface area is 94.8 Å². The minimum absolute atomic E-state index is 0.354. The maximum Gasteiger partial charge on any atom is 0.511 e. The van der Waals surface area contributed by atoms with Gasteiger partial charge in [-0.3, -0.25) is 4.79 Å². The van der Waals surface area contributed by atoms with Gasteiger partial charge in [0.05, 0.1) is 19.3 Å². The predicted molar refractivity (Wildman–Crippen MR) is 48.5 cm³/mol. The van der Waals surface area contributed by atoms with Gasteiger partial charge in [0.2, 0.25) is 0 Å². The van der Waals surface area contributed by atoms with Crippen molar-refractivity contribution in [2.75, 3.05) is 13.2 Å². The van der Waals surface area contributed by atoms with Gasteiger partial charge in [-0.05, 0) is 6.92 Å². The van der Waals surface area contributed by atoms with Gasteiger partial charge in [0.25, 0.3) is 0 Å². The van der Waals surface area contributed by atoms with E-state index in [1.807, 2.05) is 0 Å². The number of ether oxygens (including phenoxy) is 1. The van der Waals surface area contributed by atoms with Crippen LogP contribution < -0.4 is 4.72 Å². The number of carboxylic acid groups (broad SMARTS) is 1. The molecule has 0 amide bonds. The summed E-state index contributed by atoms with van der Waals surface area (Å²) in [7, 11) is -5.58. The molecule has 6 nitrogen and oxygen atoms in total. The van der Waals surface area contributed by atoms with E-state index in [-0.39, 0.29) is 6.61 Å². The first-order valence-electron chi connectivity index (χ1n) is 4.40. The third-order valence-electron chi connectivity index (χ3n) is 2.55. The van der Waals surface area contributed by atoms with Crippen LogP contribution in [0, 0.1) is 5.41 Å². The average molecular weight is 277 g/mol. The number of aliphatic carboxylic acids is 1. The fraction of sp³-hybridized carbons (Fsp3) is 0.857. The summed E-state index contributed by atoms with van der Waals surface area (Å²) in [5.74, 6) is -1.43. The lowest BCUT2D eigenvalue weighted by Gasteiger charge is -2.25. The third-order valence-corrected chi connectivity index (χ3v) is 3.75. The average Bonchev–Trinajstić information content (AvgIpc) is 2.46. The van der Waals surface area contributed by atoms with Crippen molar-refractivity contribution >= 4 is 16.0 Å². The summed E-state index contributed by atoms with van der Waals surface area (Å²) in [5.41, 5.74) is -7.19. The molecule has 17 heavy (non-hydrogen) atoms. The highest BCUT2D eigenvalue weighted by Crippen LogP contribution is 2.31. The van der Waals surface area contributed by atoms with E-state index in [9.17, 15) is 26.4 Å². The fourth-order valence-electron chi connectivity index (χ4n) is 1.30. The SMILES string of the molecule is CC1(C(=O)O)COCC1NS(=O)(=O)C(F)(F)F. The number of rotatable bonds is 3. The van der Waals surface area contributed by atoms with Crippen LogP contribution in [0.2, 0.25) is 0 Å². The third kappa shape index (κ3) is 2.53. The predicted octanol–water partition coefficient (Wildman–Crippen LogP) is -0.0847. The van der Waals surface area contributed by atoms with Gasteiger partial charge in [-0.25, -0.2) is 13.1 Å². The standard InChI is InChI=1S/C7H10F3NO5S/c1-6(5(12)13)3-16-2-4(6)11-17(14,15)7(8,9)10/h4,11H,2-3H2,1H3,(H,12,13). The number of alkyl halides is 3. The molecular weight excluding hydrogens is 267 g/mol. The van der Waals surface area contributed by atoms with Crippen LogP contribution in [-0.2, 0) is 19.6 Å². The molecule has 0 bridgehead atoms. The van der Waals surface area contributed by atoms with E-state index in [0.717, 1.165) is 6.92 Å². The van der Waals surface area contributed by atoms with E-state index in [2.05, 4.69) is 0 Å². The minimum atomic E-state index is -5.58. The van der Waals surface area contributed by atoms with E-state index in [1.54, 1.807) is 0 Å². The summed E-state index contributed by atoms with van der Waals surface area (Å²) >= 11 is 0. The van der Waals surface area contributed by atoms with Gasteiger partial charge < -0.3 is 9.84 Å². The number of halogens is 3. The van der Waals surface area contributed by atoms with E-state index in [4.69, 9.17) is 9.84 Å². The molecule has 2 atom stereocenters. The number of nitrogens with one attached hydrogen (secondary N) is 1. The van der Waals surface area contributed by atoms with Crippen molar-refractivity contribution in [2.24, 2.45) is 5.41 Å². The first kappa shape index (κ1) is 14.2. The molecule has 0 aromatic rings. The highest BCUT2D eigenvalue weighted by atomic mass is 32.2. The van der Waals surface area contributed by atoms with Crippen molar-refractivity contribution in [2.45, 2.75) is 18.5 Å². The quantitative estimate of drug-likeness (QED) is 0.752. The van der Waals surface area contributed by atoms with Gasteiger partial charge in [0.15, 0.2) is 0 Å². The largest absolute Gasteiger partial charge is 0.511 e. The lowest BCUT2D eigenvalue weighted by molar-refractivity contribution is -0.148. The zero-order valence-corrected chi connectivity index (χ0v) is 9.43. The van der Waals surface area contributed by atoms with Gasteiger partial charge in [0, 0.05) is 0 Å². The molecule has 0 saturated carbocycles. The van der Waals surface area contributed by atoms with Crippen molar-refractivity contribution in [3.05, 3.63) is 0 Å². The molecule has 2 N–H and O–H groups in total. The Morgan fingerprint density at radius 1 is 1.53 bits per heavy atom. The normalized spacial score (nSPS) is 30.5. The first-order chi connectivity index (χ1) is 7.51. The van der Waals surface area contributed by atoms with Crippen LogP contribution in [0.4, 0.5) is 13.2 Å². The van der Waals surface area contributed by atoms with Crippen LogP contribution >= 0.6 is 0 Å². The van der Waals surface area contributed by atoms with E-state index in [1.165, 1.54) is 4.72 Å². The van der Waals surface area contributed by atoms with Crippen LogP contribution in [0.3, 0.4) is 0 Å². The number of carbonyl (C=O) groups is 1. The summed E-state index contributed by atoms with van der Waals surface area (Å²) in [5, 5.41) is 8.85. The molecule has 1 rings (SSSR count). The Hall–Kier alpha value is -0.870. The van der Waals surface area contributed by atoms with Gasteiger partial charge in [-0.2, -0.15) is 13.2 Å². The van der Waals surface area contributed by atoms with Crippen molar-refractivity contribution in [3.8, 4) is 0 Å². The fourth-order valence-corrected chi connectivity index (χ4v) is 2.14. The molecule has 10 heteroatoms. The molecule has 0 aromatic carbocycles. The monoisotopic (exact) mass is 277 g/mol. The number of hydrogen-bond acceptors (Lipinski definition) is 4. The van der Waals surface area contributed by atoms with Crippen LogP contribution in [0.15, 0.2) is 0 Å². The Balaban J connectivity index is 2.94. The molecule has 0 spiro atoms. The van der Waals surface area contributed by atoms with Gasteiger partial charge in [-0.1, -0.05) is 0 Å². The second kappa shape index (κ2) is 4.10. The molecule has 0 aromatic heterocycles. The first-order valence-corrected chi connectivity index (χ1v) is 5.89. The van der Waals surface area contributed by atoms with Gasteiger partial charge in [-0.15, -0.1) is 0 Å². The van der Waals surface area contributed by atoms with Gasteiger partial charge >= 0.3 is 21.5 Å². The van der Waals surface area contributed by atoms with E-state index >= 15 is 0 Å². The van der Waals surface area contributed by atoms with Crippen molar-refractivity contribution < 1.29 is 36.2 Å². The molecule has 100 valence electrons. The zero-order chi connectivity index (χ0) is 13.5. The summed E-state index contributed by atoms with van der Waals surface area (Å²) in [6.45, 7) is 0.345. The van der Waals surface area contributed by atoms with Crippen LogP contribution in [0.5, 0.6) is 0 Å². The number of carboxylic acids is 1. The molecule has 1 saturated heterocycles. The Morgan fingerprint density at radius 3 is 2.47 bits per heavy atom. The minimum Gasteiger partial charge on any atom is -0.481 e. The van der Waals surface area contributed by atoms with E-state index in [0.29, 0.717) is 0 Å². The molecular formula is C7H10F3NO5S. The lowest BCUT2D eigenvalue weighted by atomic mass is 9.86. The maximum atomic E-state index is 12.1. The Bertz CT molecular complexity index is 420. The van der Waals surface area contributed by atoms with Crippen LogP contribution in [-0.4, -0.2) is 44.3 Å². The Kier molecular flexibility index (Phi) is 3.43. The number of hydrogen-bond donors (Lipinski definition) is 2. The van der Waals surface area contributed by atoms with Crippen molar-refractivity contribution in [3.63, 3.8) is 0 Å². The molecule has 0 aliphatic carbocycles. The summed E-state index contributed by atoms with van der Waals surface area (Å²) in [6, 6.07) is -1.45. The van der Waals surface area contributed by atoms with Crippen molar-refractivity contribution in [1.29, 1.82) is 0 Å². The molecule has 2 unspecified atom stereocenters. The summed E-state index contributed by atoms with van der Waals surface area (Å²) in [6.07, 6.45) is 0. The van der Waals surface area contributed by atoms with Gasteiger partial charge in [0.1, 0.15) is 5.41 Å². The highest BCUT2D eigenvalue weighted by molar-refractivity contribution is 7.90. The van der Waals surface area contributed by atoms with Crippen LogP contribution in [0.1, 0.15) is 6.92 Å². The second-order valence-corrected chi connectivity index (χ2v) is 5.56. The summed E-state index contributed by atoms with van der Waals surface area (Å²) in [4.78, 5) is 10.9. The van der Waals surface area contributed by atoms with Crippen molar-refractivity contribution in [1.82, 2.24) is 4.72 Å². The molecule has 1 fully saturated rings. The molecule has 0 radical (unpaired) electrons. The molecule has 1 aliphatic rings. The van der Waals surface area contributed by atoms with Crippen LogP contribution in [0.25, 0.3) is 0 Å².